The first-order valence-electron chi connectivity index (χ1n) is 5.39. The van der Waals surface area contributed by atoms with Gasteiger partial charge in [-0.05, 0) is 25.2 Å². The molecule has 0 aromatic heterocycles. The van der Waals surface area contributed by atoms with Crippen LogP contribution in [0, 0.1) is 11.8 Å². The SMILES string of the molecule is CC1CC(N)CCC1C(=O)NCC(F)(F)F. The molecule has 0 heterocycles. The molecule has 0 aliphatic heterocycles. The highest BCUT2D eigenvalue weighted by atomic mass is 19.4. The fourth-order valence-electron chi connectivity index (χ4n) is 2.15. The van der Waals surface area contributed by atoms with Gasteiger partial charge >= 0.3 is 6.18 Å². The van der Waals surface area contributed by atoms with Crippen LogP contribution >= 0.6 is 0 Å². The van der Waals surface area contributed by atoms with E-state index in [1.165, 1.54) is 0 Å². The standard InChI is InChI=1S/C10H17F3N2O/c1-6-4-7(14)2-3-8(6)9(16)15-5-10(11,12)13/h6-8H,2-5,14H2,1H3,(H,15,16). The van der Waals surface area contributed by atoms with E-state index < -0.39 is 18.6 Å². The Morgan fingerprint density at radius 2 is 2.06 bits per heavy atom. The first-order chi connectivity index (χ1) is 7.29. The summed E-state index contributed by atoms with van der Waals surface area (Å²) in [6.07, 6.45) is -2.37. The van der Waals surface area contributed by atoms with Crippen molar-refractivity contribution in [2.45, 2.75) is 38.4 Å². The second-order valence-electron chi connectivity index (χ2n) is 4.49. The van der Waals surface area contributed by atoms with E-state index in [-0.39, 0.29) is 17.9 Å². The zero-order chi connectivity index (χ0) is 12.3. The molecule has 3 unspecified atom stereocenters. The normalized spacial score (nSPS) is 31.2. The Kier molecular flexibility index (Phi) is 4.18. The average molecular weight is 238 g/mol. The minimum atomic E-state index is -4.34. The number of rotatable bonds is 2. The summed E-state index contributed by atoms with van der Waals surface area (Å²) >= 11 is 0. The molecule has 3 nitrogen and oxygen atoms in total. The van der Waals surface area contributed by atoms with E-state index in [9.17, 15) is 18.0 Å². The van der Waals surface area contributed by atoms with E-state index in [2.05, 4.69) is 0 Å². The summed E-state index contributed by atoms with van der Waals surface area (Å²) in [5, 5.41) is 1.93. The molecule has 1 aliphatic rings. The van der Waals surface area contributed by atoms with Crippen LogP contribution in [0.5, 0.6) is 0 Å². The molecule has 0 aromatic rings. The minimum absolute atomic E-state index is 0.0528. The number of halogens is 3. The number of nitrogens with one attached hydrogen (secondary N) is 1. The molecule has 1 fully saturated rings. The van der Waals surface area contributed by atoms with E-state index in [0.29, 0.717) is 19.3 Å². The number of alkyl halides is 3. The molecule has 0 aromatic carbocycles. The third-order valence-corrected chi connectivity index (χ3v) is 3.01. The van der Waals surface area contributed by atoms with Crippen LogP contribution in [0.2, 0.25) is 0 Å². The van der Waals surface area contributed by atoms with Gasteiger partial charge in [0, 0.05) is 12.0 Å². The van der Waals surface area contributed by atoms with Crippen molar-refractivity contribution in [2.75, 3.05) is 6.54 Å². The fourth-order valence-corrected chi connectivity index (χ4v) is 2.15. The summed E-state index contributed by atoms with van der Waals surface area (Å²) in [7, 11) is 0. The molecule has 1 rings (SSSR count). The molecule has 1 aliphatic carbocycles. The molecule has 1 saturated carbocycles. The highest BCUT2D eigenvalue weighted by Gasteiger charge is 2.33. The van der Waals surface area contributed by atoms with Crippen molar-refractivity contribution in [3.8, 4) is 0 Å². The zero-order valence-electron chi connectivity index (χ0n) is 9.18. The maximum atomic E-state index is 11.9. The fraction of sp³-hybridized carbons (Fsp3) is 0.900. The van der Waals surface area contributed by atoms with Gasteiger partial charge in [0.2, 0.25) is 5.91 Å². The molecule has 0 saturated heterocycles. The van der Waals surface area contributed by atoms with Crippen LogP contribution in [0.25, 0.3) is 0 Å². The lowest BCUT2D eigenvalue weighted by atomic mass is 9.78. The summed E-state index contributed by atoms with van der Waals surface area (Å²) in [6, 6.07) is 0.0710. The quantitative estimate of drug-likeness (QED) is 0.764. The number of nitrogens with two attached hydrogens (primary N) is 1. The Bertz CT molecular complexity index is 255. The molecule has 0 spiro atoms. The van der Waals surface area contributed by atoms with Crippen LogP contribution in [-0.2, 0) is 4.79 Å². The number of hydrogen-bond donors (Lipinski definition) is 2. The zero-order valence-corrected chi connectivity index (χ0v) is 9.18. The predicted octanol–water partition coefficient (Wildman–Crippen LogP) is 1.43. The molecular weight excluding hydrogens is 221 g/mol. The van der Waals surface area contributed by atoms with Crippen molar-refractivity contribution in [1.29, 1.82) is 0 Å². The van der Waals surface area contributed by atoms with Crippen molar-refractivity contribution < 1.29 is 18.0 Å². The van der Waals surface area contributed by atoms with Crippen molar-refractivity contribution in [2.24, 2.45) is 17.6 Å². The van der Waals surface area contributed by atoms with Gasteiger partial charge in [-0.1, -0.05) is 6.92 Å². The molecule has 0 bridgehead atoms. The van der Waals surface area contributed by atoms with E-state index in [1.54, 1.807) is 0 Å². The van der Waals surface area contributed by atoms with Gasteiger partial charge in [-0.25, -0.2) is 0 Å². The second-order valence-corrected chi connectivity index (χ2v) is 4.49. The average Bonchev–Trinajstić information content (AvgIpc) is 2.13. The first kappa shape index (κ1) is 13.3. The minimum Gasteiger partial charge on any atom is -0.347 e. The molecule has 1 amide bonds. The Hall–Kier alpha value is -0.780. The van der Waals surface area contributed by atoms with Gasteiger partial charge in [-0.15, -0.1) is 0 Å². The summed E-state index contributed by atoms with van der Waals surface area (Å²) in [6.45, 7) is 0.609. The van der Waals surface area contributed by atoms with Crippen LogP contribution in [0.3, 0.4) is 0 Å². The Balaban J connectivity index is 2.42. The number of carbonyl (C=O) groups excluding carboxylic acids is 1. The Morgan fingerprint density at radius 3 is 2.56 bits per heavy atom. The van der Waals surface area contributed by atoms with E-state index >= 15 is 0 Å². The molecular formula is C10H17F3N2O. The Labute approximate surface area is 92.6 Å². The largest absolute Gasteiger partial charge is 0.405 e. The third kappa shape index (κ3) is 4.00. The molecule has 3 N–H and O–H groups in total. The smallest absolute Gasteiger partial charge is 0.347 e. The molecule has 6 heteroatoms. The molecule has 0 radical (unpaired) electrons. The van der Waals surface area contributed by atoms with Crippen molar-refractivity contribution in [3.63, 3.8) is 0 Å². The number of carbonyl (C=O) groups is 1. The van der Waals surface area contributed by atoms with Crippen LogP contribution < -0.4 is 11.1 Å². The topological polar surface area (TPSA) is 55.1 Å². The third-order valence-electron chi connectivity index (χ3n) is 3.01. The van der Waals surface area contributed by atoms with Crippen LogP contribution in [0.15, 0.2) is 0 Å². The maximum Gasteiger partial charge on any atom is 0.405 e. The summed E-state index contributed by atoms with van der Waals surface area (Å²) in [4.78, 5) is 11.5. The number of amides is 1. The molecule has 94 valence electrons. The lowest BCUT2D eigenvalue weighted by Crippen LogP contribution is -2.43. The van der Waals surface area contributed by atoms with Gasteiger partial charge in [-0.2, -0.15) is 13.2 Å². The summed E-state index contributed by atoms with van der Waals surface area (Å²) in [5.74, 6) is -0.782. The lowest BCUT2D eigenvalue weighted by molar-refractivity contribution is -0.142. The highest BCUT2D eigenvalue weighted by Crippen LogP contribution is 2.29. The molecule has 16 heavy (non-hydrogen) atoms. The number of hydrogen-bond acceptors (Lipinski definition) is 2. The van der Waals surface area contributed by atoms with E-state index in [4.69, 9.17) is 5.73 Å². The summed E-state index contributed by atoms with van der Waals surface area (Å²) in [5.41, 5.74) is 5.72. The van der Waals surface area contributed by atoms with Gasteiger partial charge in [0.05, 0.1) is 0 Å². The van der Waals surface area contributed by atoms with Crippen molar-refractivity contribution in [1.82, 2.24) is 5.32 Å². The first-order valence-corrected chi connectivity index (χ1v) is 5.39. The van der Waals surface area contributed by atoms with Gasteiger partial charge in [-0.3, -0.25) is 4.79 Å². The maximum absolute atomic E-state index is 11.9. The lowest BCUT2D eigenvalue weighted by Gasteiger charge is -2.31. The Morgan fingerprint density at radius 1 is 1.44 bits per heavy atom. The summed E-state index contributed by atoms with van der Waals surface area (Å²) < 4.78 is 35.7. The van der Waals surface area contributed by atoms with Gasteiger partial charge < -0.3 is 11.1 Å². The van der Waals surface area contributed by atoms with Crippen LogP contribution in [-0.4, -0.2) is 24.7 Å². The second kappa shape index (κ2) is 5.03. The van der Waals surface area contributed by atoms with Gasteiger partial charge in [0.25, 0.3) is 0 Å². The van der Waals surface area contributed by atoms with Crippen molar-refractivity contribution >= 4 is 5.91 Å². The van der Waals surface area contributed by atoms with Crippen LogP contribution in [0.4, 0.5) is 13.2 Å². The molecule has 3 atom stereocenters. The van der Waals surface area contributed by atoms with Crippen molar-refractivity contribution in [3.05, 3.63) is 0 Å². The van der Waals surface area contributed by atoms with Gasteiger partial charge in [0.15, 0.2) is 0 Å². The van der Waals surface area contributed by atoms with Crippen LogP contribution in [0.1, 0.15) is 26.2 Å². The van der Waals surface area contributed by atoms with E-state index in [1.807, 2.05) is 12.2 Å². The van der Waals surface area contributed by atoms with Gasteiger partial charge in [0.1, 0.15) is 6.54 Å². The highest BCUT2D eigenvalue weighted by molar-refractivity contribution is 5.79. The predicted molar refractivity (Wildman–Crippen MR) is 53.5 cm³/mol. The van der Waals surface area contributed by atoms with E-state index in [0.717, 1.165) is 0 Å². The monoisotopic (exact) mass is 238 g/mol.